The highest BCUT2D eigenvalue weighted by Crippen LogP contribution is 2.31. The Morgan fingerprint density at radius 2 is 2.12 bits per heavy atom. The molecule has 0 saturated carbocycles. The molecule has 4 nitrogen and oxygen atoms in total. The van der Waals surface area contributed by atoms with Crippen molar-refractivity contribution in [2.45, 2.75) is 12.7 Å². The van der Waals surface area contributed by atoms with Gasteiger partial charge in [0.15, 0.2) is 0 Å². The molecule has 1 aliphatic heterocycles. The van der Waals surface area contributed by atoms with Gasteiger partial charge in [0.25, 0.3) is 0 Å². The van der Waals surface area contributed by atoms with Gasteiger partial charge in [-0.05, 0) is 18.1 Å². The van der Waals surface area contributed by atoms with Crippen molar-refractivity contribution in [3.05, 3.63) is 29.8 Å². The van der Waals surface area contributed by atoms with Crippen LogP contribution in [0.2, 0.25) is 0 Å². The van der Waals surface area contributed by atoms with Crippen molar-refractivity contribution in [1.82, 2.24) is 0 Å². The lowest BCUT2D eigenvalue weighted by molar-refractivity contribution is -0.165. The summed E-state index contributed by atoms with van der Waals surface area (Å²) in [7, 11) is 2.89. The van der Waals surface area contributed by atoms with Crippen molar-refractivity contribution < 1.29 is 19.0 Å². The molecule has 0 amide bonds. The predicted octanol–water partition coefficient (Wildman–Crippen LogP) is 1.38. The summed E-state index contributed by atoms with van der Waals surface area (Å²) in [6, 6.07) is 7.62. The number of ether oxygens (including phenoxy) is 3. The van der Waals surface area contributed by atoms with Crippen LogP contribution >= 0.6 is 0 Å². The van der Waals surface area contributed by atoms with E-state index in [1.54, 1.807) is 0 Å². The zero-order valence-corrected chi connectivity index (χ0v) is 9.30. The minimum absolute atomic E-state index is 0.304. The highest BCUT2D eigenvalue weighted by molar-refractivity contribution is 5.73. The number of carbonyl (C=O) groups is 1. The average Bonchev–Trinajstić information content (AvgIpc) is 2.36. The van der Waals surface area contributed by atoms with Crippen molar-refractivity contribution in [3.63, 3.8) is 0 Å². The minimum Gasteiger partial charge on any atom is -0.469 e. The van der Waals surface area contributed by atoms with Crippen molar-refractivity contribution in [2.24, 2.45) is 5.92 Å². The third kappa shape index (κ3) is 1.88. The standard InChI is InChI=1S/C12H14O4/c1-14-11(13)9-7-8-5-3-4-6-10(8)16-12(9)15-2/h3-6,9,12H,7H2,1-2H3. The molecule has 86 valence electrons. The lowest BCUT2D eigenvalue weighted by Gasteiger charge is -2.30. The number of para-hydroxylation sites is 1. The first kappa shape index (κ1) is 11.0. The molecule has 16 heavy (non-hydrogen) atoms. The van der Waals surface area contributed by atoms with Gasteiger partial charge >= 0.3 is 5.97 Å². The van der Waals surface area contributed by atoms with Gasteiger partial charge in [-0.25, -0.2) is 0 Å². The molecule has 0 fully saturated rings. The zero-order valence-electron chi connectivity index (χ0n) is 9.30. The minimum atomic E-state index is -0.567. The highest BCUT2D eigenvalue weighted by atomic mass is 16.7. The Morgan fingerprint density at radius 1 is 1.38 bits per heavy atom. The van der Waals surface area contributed by atoms with Crippen LogP contribution in [0.25, 0.3) is 0 Å². The Morgan fingerprint density at radius 3 is 2.81 bits per heavy atom. The maximum atomic E-state index is 11.6. The Bertz CT molecular complexity index is 388. The Kier molecular flexibility index (Phi) is 3.10. The van der Waals surface area contributed by atoms with Crippen LogP contribution in [0.15, 0.2) is 24.3 Å². The summed E-state index contributed by atoms with van der Waals surface area (Å²) in [5.74, 6) is 0.0701. The number of fused-ring (bicyclic) bond motifs is 1. The fraction of sp³-hybridized carbons (Fsp3) is 0.417. The van der Waals surface area contributed by atoms with Gasteiger partial charge in [0.2, 0.25) is 6.29 Å². The third-order valence-corrected chi connectivity index (χ3v) is 2.72. The monoisotopic (exact) mass is 222 g/mol. The first-order chi connectivity index (χ1) is 7.76. The van der Waals surface area contributed by atoms with Crippen LogP contribution in [0.4, 0.5) is 0 Å². The van der Waals surface area contributed by atoms with Gasteiger partial charge in [-0.3, -0.25) is 4.79 Å². The van der Waals surface area contributed by atoms with E-state index in [-0.39, 0.29) is 5.97 Å². The van der Waals surface area contributed by atoms with E-state index in [4.69, 9.17) is 14.2 Å². The molecule has 0 saturated heterocycles. The highest BCUT2D eigenvalue weighted by Gasteiger charge is 2.36. The Hall–Kier alpha value is -1.55. The van der Waals surface area contributed by atoms with Crippen molar-refractivity contribution in [3.8, 4) is 5.75 Å². The van der Waals surface area contributed by atoms with Crippen molar-refractivity contribution >= 4 is 5.97 Å². The van der Waals surface area contributed by atoms with Gasteiger partial charge in [-0.15, -0.1) is 0 Å². The van der Waals surface area contributed by atoms with Gasteiger partial charge in [0, 0.05) is 7.11 Å². The summed E-state index contributed by atoms with van der Waals surface area (Å²) in [6.07, 6.45) is 0.0174. The maximum absolute atomic E-state index is 11.6. The molecule has 0 radical (unpaired) electrons. The molecule has 0 spiro atoms. The second-order valence-electron chi connectivity index (χ2n) is 3.66. The lowest BCUT2D eigenvalue weighted by atomic mass is 9.95. The molecule has 1 aromatic carbocycles. The van der Waals surface area contributed by atoms with Gasteiger partial charge in [0.1, 0.15) is 11.7 Å². The van der Waals surface area contributed by atoms with Crippen molar-refractivity contribution in [2.75, 3.05) is 14.2 Å². The predicted molar refractivity (Wildman–Crippen MR) is 57.1 cm³/mol. The first-order valence-corrected chi connectivity index (χ1v) is 5.11. The lowest BCUT2D eigenvalue weighted by Crippen LogP contribution is -2.39. The summed E-state index contributed by atoms with van der Waals surface area (Å²) < 4.78 is 15.5. The summed E-state index contributed by atoms with van der Waals surface area (Å²) in [5.41, 5.74) is 1.01. The average molecular weight is 222 g/mol. The molecule has 0 aromatic heterocycles. The van der Waals surface area contributed by atoms with E-state index in [9.17, 15) is 4.79 Å². The normalized spacial score (nSPS) is 23.1. The third-order valence-electron chi connectivity index (χ3n) is 2.72. The van der Waals surface area contributed by atoms with Crippen LogP contribution < -0.4 is 4.74 Å². The summed E-state index contributed by atoms with van der Waals surface area (Å²) in [4.78, 5) is 11.6. The second kappa shape index (κ2) is 4.53. The quantitative estimate of drug-likeness (QED) is 0.709. The molecule has 1 heterocycles. The van der Waals surface area contributed by atoms with Crippen LogP contribution in [-0.2, 0) is 20.7 Å². The van der Waals surface area contributed by atoms with Gasteiger partial charge in [-0.1, -0.05) is 18.2 Å². The fourth-order valence-electron chi connectivity index (χ4n) is 1.89. The molecular formula is C12H14O4. The van der Waals surface area contributed by atoms with Crippen LogP contribution in [-0.4, -0.2) is 26.5 Å². The number of benzene rings is 1. The van der Waals surface area contributed by atoms with Gasteiger partial charge in [0.05, 0.1) is 7.11 Å². The number of hydrogen-bond acceptors (Lipinski definition) is 4. The van der Waals surface area contributed by atoms with E-state index < -0.39 is 12.2 Å². The van der Waals surface area contributed by atoms with E-state index in [1.807, 2.05) is 24.3 Å². The van der Waals surface area contributed by atoms with E-state index >= 15 is 0 Å². The first-order valence-electron chi connectivity index (χ1n) is 5.11. The molecule has 2 atom stereocenters. The van der Waals surface area contributed by atoms with E-state index in [0.29, 0.717) is 6.42 Å². The van der Waals surface area contributed by atoms with E-state index in [1.165, 1.54) is 14.2 Å². The molecule has 0 aliphatic carbocycles. The number of carbonyl (C=O) groups excluding carboxylic acids is 1. The van der Waals surface area contributed by atoms with Crippen LogP contribution in [0.1, 0.15) is 5.56 Å². The Labute approximate surface area is 94.1 Å². The number of rotatable bonds is 2. The maximum Gasteiger partial charge on any atom is 0.315 e. The van der Waals surface area contributed by atoms with E-state index in [2.05, 4.69) is 0 Å². The smallest absolute Gasteiger partial charge is 0.315 e. The summed E-state index contributed by atoms with van der Waals surface area (Å²) in [6.45, 7) is 0. The van der Waals surface area contributed by atoms with E-state index in [0.717, 1.165) is 11.3 Å². The SMILES string of the molecule is COC(=O)C1Cc2ccccc2OC1OC. The molecule has 0 N–H and O–H groups in total. The zero-order chi connectivity index (χ0) is 11.5. The molecule has 4 heteroatoms. The second-order valence-corrected chi connectivity index (χ2v) is 3.66. The largest absolute Gasteiger partial charge is 0.469 e. The molecular weight excluding hydrogens is 208 g/mol. The fourth-order valence-corrected chi connectivity index (χ4v) is 1.89. The summed E-state index contributed by atoms with van der Waals surface area (Å²) in [5, 5.41) is 0. The van der Waals surface area contributed by atoms with Crippen LogP contribution in [0.5, 0.6) is 5.75 Å². The number of esters is 1. The molecule has 2 rings (SSSR count). The number of methoxy groups -OCH3 is 2. The van der Waals surface area contributed by atoms with Crippen molar-refractivity contribution in [1.29, 1.82) is 0 Å². The van der Waals surface area contributed by atoms with Crippen LogP contribution in [0, 0.1) is 5.92 Å². The molecule has 1 aliphatic rings. The van der Waals surface area contributed by atoms with Gasteiger partial charge in [-0.2, -0.15) is 0 Å². The molecule has 2 unspecified atom stereocenters. The summed E-state index contributed by atoms with van der Waals surface area (Å²) >= 11 is 0. The molecule has 0 bridgehead atoms. The van der Waals surface area contributed by atoms with Crippen LogP contribution in [0.3, 0.4) is 0 Å². The Balaban J connectivity index is 2.27. The topological polar surface area (TPSA) is 44.8 Å². The van der Waals surface area contributed by atoms with Gasteiger partial charge < -0.3 is 14.2 Å². The molecule has 1 aromatic rings. The number of hydrogen-bond donors (Lipinski definition) is 0.